The Morgan fingerprint density at radius 3 is 2.15 bits per heavy atom. The summed E-state index contributed by atoms with van der Waals surface area (Å²) >= 11 is 6.13. The molecule has 0 aliphatic rings. The number of aromatic nitrogens is 5. The van der Waals surface area contributed by atoms with Gasteiger partial charge < -0.3 is 10.6 Å². The van der Waals surface area contributed by atoms with Crippen LogP contribution < -0.4 is 10.6 Å². The van der Waals surface area contributed by atoms with Gasteiger partial charge in [0.15, 0.2) is 17.0 Å². The molecule has 0 spiro atoms. The van der Waals surface area contributed by atoms with Crippen LogP contribution in [0.15, 0.2) is 42.6 Å². The number of fused-ring (bicyclic) bond motifs is 1. The van der Waals surface area contributed by atoms with Crippen molar-refractivity contribution in [2.75, 3.05) is 10.6 Å². The molecule has 1 aromatic carbocycles. The van der Waals surface area contributed by atoms with E-state index in [9.17, 15) is 22.8 Å². The van der Waals surface area contributed by atoms with Crippen molar-refractivity contribution in [2.45, 2.75) is 13.1 Å². The number of benzene rings is 1. The van der Waals surface area contributed by atoms with Crippen LogP contribution in [0.1, 0.15) is 32.4 Å². The van der Waals surface area contributed by atoms with Crippen LogP contribution in [0.3, 0.4) is 0 Å². The van der Waals surface area contributed by atoms with E-state index in [-0.39, 0.29) is 22.1 Å². The van der Waals surface area contributed by atoms with Crippen molar-refractivity contribution >= 4 is 40.4 Å². The molecule has 0 bridgehead atoms. The van der Waals surface area contributed by atoms with Crippen molar-refractivity contribution in [1.82, 2.24) is 24.4 Å². The van der Waals surface area contributed by atoms with Crippen LogP contribution in [0, 0.1) is 6.92 Å². The van der Waals surface area contributed by atoms with Crippen molar-refractivity contribution in [3.05, 3.63) is 70.4 Å². The molecule has 3 aromatic heterocycles. The average Bonchev–Trinajstić information content (AvgIpc) is 3.32. The van der Waals surface area contributed by atoms with Gasteiger partial charge in [0.2, 0.25) is 0 Å². The van der Waals surface area contributed by atoms with Gasteiger partial charge in [-0.2, -0.15) is 23.4 Å². The average molecular weight is 478 g/mol. The summed E-state index contributed by atoms with van der Waals surface area (Å²) in [7, 11) is 1.69. The van der Waals surface area contributed by atoms with E-state index in [1.165, 1.54) is 35.9 Å². The predicted molar refractivity (Wildman–Crippen MR) is 113 cm³/mol. The molecule has 0 saturated carbocycles. The number of carbonyl (C=O) groups excluding carboxylic acids is 2. The minimum absolute atomic E-state index is 0.0759. The summed E-state index contributed by atoms with van der Waals surface area (Å²) in [4.78, 5) is 28.8. The standard InChI is InChI=1S/C20H15ClF3N7O2/c1-10-9-14(20(22,23)24)31-17(25-10)15(21)16(29-31)19(33)27-12-5-3-11(4-6-12)26-18(32)13-7-8-30(2)28-13/h3-9H,1-2H3,(H,26,32)(H,27,33). The largest absolute Gasteiger partial charge is 0.433 e. The maximum Gasteiger partial charge on any atom is 0.433 e. The predicted octanol–water partition coefficient (Wildman–Crippen LogP) is 3.95. The number of carbonyl (C=O) groups is 2. The number of halogens is 4. The third-order valence-corrected chi connectivity index (χ3v) is 4.86. The Morgan fingerprint density at radius 2 is 1.61 bits per heavy atom. The van der Waals surface area contributed by atoms with Gasteiger partial charge in [-0.25, -0.2) is 9.50 Å². The lowest BCUT2D eigenvalue weighted by molar-refractivity contribution is -0.142. The van der Waals surface area contributed by atoms with Crippen LogP contribution in [0.5, 0.6) is 0 Å². The van der Waals surface area contributed by atoms with Crippen molar-refractivity contribution in [3.8, 4) is 0 Å². The number of alkyl halides is 3. The first-order valence-corrected chi connectivity index (χ1v) is 9.76. The monoisotopic (exact) mass is 477 g/mol. The second kappa shape index (κ2) is 8.20. The molecule has 0 atom stereocenters. The Kier molecular flexibility index (Phi) is 5.54. The van der Waals surface area contributed by atoms with Crippen molar-refractivity contribution in [2.24, 2.45) is 7.05 Å². The smallest absolute Gasteiger partial charge is 0.321 e. The Labute approximate surface area is 189 Å². The van der Waals surface area contributed by atoms with Crippen LogP contribution in [0.2, 0.25) is 5.02 Å². The first-order chi connectivity index (χ1) is 15.5. The molecule has 33 heavy (non-hydrogen) atoms. The molecule has 0 radical (unpaired) electrons. The highest BCUT2D eigenvalue weighted by Gasteiger charge is 2.36. The van der Waals surface area contributed by atoms with Gasteiger partial charge in [0.25, 0.3) is 11.8 Å². The number of nitrogens with zero attached hydrogens (tertiary/aromatic N) is 5. The molecule has 0 saturated heterocycles. The van der Waals surface area contributed by atoms with Crippen LogP contribution >= 0.6 is 11.6 Å². The fourth-order valence-electron chi connectivity index (χ4n) is 3.02. The van der Waals surface area contributed by atoms with Crippen molar-refractivity contribution < 1.29 is 22.8 Å². The van der Waals surface area contributed by atoms with Crippen molar-refractivity contribution in [3.63, 3.8) is 0 Å². The molecular weight excluding hydrogens is 463 g/mol. The zero-order valence-corrected chi connectivity index (χ0v) is 17.9. The van der Waals surface area contributed by atoms with E-state index < -0.39 is 29.4 Å². The third kappa shape index (κ3) is 4.51. The molecule has 13 heteroatoms. The fraction of sp³-hybridized carbons (Fsp3) is 0.150. The van der Waals surface area contributed by atoms with Crippen LogP contribution in [0.25, 0.3) is 5.65 Å². The summed E-state index contributed by atoms with van der Waals surface area (Å²) in [6, 6.07) is 8.44. The molecule has 4 rings (SSSR count). The molecule has 0 fully saturated rings. The molecule has 170 valence electrons. The Bertz CT molecular complexity index is 1380. The van der Waals surface area contributed by atoms with Gasteiger partial charge in [0.05, 0.1) is 0 Å². The van der Waals surface area contributed by atoms with Gasteiger partial charge in [-0.1, -0.05) is 11.6 Å². The Balaban J connectivity index is 1.53. The number of nitrogens with one attached hydrogen (secondary N) is 2. The third-order valence-electron chi connectivity index (χ3n) is 4.51. The summed E-state index contributed by atoms with van der Waals surface area (Å²) in [6.07, 6.45) is -3.09. The highest BCUT2D eigenvalue weighted by molar-refractivity contribution is 6.37. The zero-order chi connectivity index (χ0) is 23.9. The topological polar surface area (TPSA) is 106 Å². The van der Waals surface area contributed by atoms with Crippen LogP contribution in [0.4, 0.5) is 24.5 Å². The van der Waals surface area contributed by atoms with Gasteiger partial charge in [0.1, 0.15) is 10.7 Å². The molecule has 2 amide bonds. The van der Waals surface area contributed by atoms with E-state index in [0.29, 0.717) is 15.9 Å². The number of aryl methyl sites for hydroxylation is 2. The fourth-order valence-corrected chi connectivity index (χ4v) is 3.26. The summed E-state index contributed by atoms with van der Waals surface area (Å²) in [5.74, 6) is -1.23. The second-order valence-corrected chi connectivity index (χ2v) is 7.42. The number of hydrogen-bond donors (Lipinski definition) is 2. The van der Waals surface area contributed by atoms with Crippen molar-refractivity contribution in [1.29, 1.82) is 0 Å². The number of amides is 2. The normalized spacial score (nSPS) is 11.6. The van der Waals surface area contributed by atoms with E-state index in [0.717, 1.165) is 6.07 Å². The molecule has 3 heterocycles. The van der Waals surface area contributed by atoms with E-state index in [2.05, 4.69) is 25.8 Å². The highest BCUT2D eigenvalue weighted by Crippen LogP contribution is 2.32. The molecule has 2 N–H and O–H groups in total. The quantitative estimate of drug-likeness (QED) is 0.463. The number of anilines is 2. The Hall–Kier alpha value is -3.93. The maximum absolute atomic E-state index is 13.4. The van der Waals surface area contributed by atoms with E-state index >= 15 is 0 Å². The Morgan fingerprint density at radius 1 is 1.00 bits per heavy atom. The minimum atomic E-state index is -4.72. The molecule has 0 aliphatic carbocycles. The molecule has 9 nitrogen and oxygen atoms in total. The zero-order valence-electron chi connectivity index (χ0n) is 17.1. The van der Waals surface area contributed by atoms with Gasteiger partial charge in [0, 0.05) is 30.3 Å². The first-order valence-electron chi connectivity index (χ1n) is 9.38. The first kappa shape index (κ1) is 22.3. The van der Waals surface area contributed by atoms with Gasteiger partial charge in [-0.15, -0.1) is 0 Å². The van der Waals surface area contributed by atoms with Gasteiger partial charge in [-0.3, -0.25) is 14.3 Å². The van der Waals surface area contributed by atoms with E-state index in [1.54, 1.807) is 19.3 Å². The van der Waals surface area contributed by atoms with Crippen LogP contribution in [-0.2, 0) is 13.2 Å². The molecule has 0 unspecified atom stereocenters. The lowest BCUT2D eigenvalue weighted by Crippen LogP contribution is -2.16. The molecular formula is C20H15ClF3N7O2. The summed E-state index contributed by atoms with van der Waals surface area (Å²) < 4.78 is 42.1. The van der Waals surface area contributed by atoms with Crippen LogP contribution in [-0.4, -0.2) is 36.2 Å². The number of rotatable bonds is 4. The molecule has 4 aromatic rings. The van der Waals surface area contributed by atoms with Gasteiger partial charge >= 0.3 is 6.18 Å². The summed E-state index contributed by atoms with van der Waals surface area (Å²) in [5.41, 5.74) is -0.716. The lowest BCUT2D eigenvalue weighted by Gasteiger charge is -2.09. The highest BCUT2D eigenvalue weighted by atomic mass is 35.5. The lowest BCUT2D eigenvalue weighted by atomic mass is 10.2. The number of hydrogen-bond acceptors (Lipinski definition) is 5. The van der Waals surface area contributed by atoms with E-state index in [1.807, 2.05) is 0 Å². The second-order valence-electron chi connectivity index (χ2n) is 7.04. The van der Waals surface area contributed by atoms with E-state index in [4.69, 9.17) is 11.6 Å². The van der Waals surface area contributed by atoms with Gasteiger partial charge in [-0.05, 0) is 43.3 Å². The summed E-state index contributed by atoms with van der Waals surface area (Å²) in [6.45, 7) is 1.38. The maximum atomic E-state index is 13.4. The SMILES string of the molecule is Cc1cc(C(F)(F)F)n2nc(C(=O)Nc3ccc(NC(=O)c4ccn(C)n4)cc3)c(Cl)c2n1. The summed E-state index contributed by atoms with van der Waals surface area (Å²) in [5, 5.41) is 12.6. The molecule has 0 aliphatic heterocycles. The minimum Gasteiger partial charge on any atom is -0.321 e.